The van der Waals surface area contributed by atoms with Gasteiger partial charge in [-0.25, -0.2) is 9.79 Å². The number of morpholine rings is 1. The fourth-order valence-corrected chi connectivity index (χ4v) is 6.20. The zero-order chi connectivity index (χ0) is 28.9. The summed E-state index contributed by atoms with van der Waals surface area (Å²) in [6.07, 6.45) is 4.82. The maximum atomic E-state index is 13.8. The van der Waals surface area contributed by atoms with E-state index in [2.05, 4.69) is 9.47 Å². The van der Waals surface area contributed by atoms with Gasteiger partial charge >= 0.3 is 5.97 Å². The first kappa shape index (κ1) is 28.0. The highest BCUT2D eigenvalue weighted by Crippen LogP contribution is 2.36. The van der Waals surface area contributed by atoms with E-state index in [1.54, 1.807) is 17.0 Å². The van der Waals surface area contributed by atoms with Crippen LogP contribution in [0.5, 0.6) is 0 Å². The minimum Gasteiger partial charge on any atom is -0.463 e. The van der Waals surface area contributed by atoms with Crippen molar-refractivity contribution < 1.29 is 23.5 Å². The van der Waals surface area contributed by atoms with Gasteiger partial charge in [-0.2, -0.15) is 0 Å². The Morgan fingerprint density at radius 1 is 1.02 bits per heavy atom. The number of rotatable bonds is 9. The highest BCUT2D eigenvalue weighted by Gasteiger charge is 2.33. The lowest BCUT2D eigenvalue weighted by Gasteiger charge is -2.27. The molecule has 2 aromatic carbocycles. The molecule has 2 aromatic heterocycles. The van der Waals surface area contributed by atoms with Gasteiger partial charge < -0.3 is 18.5 Å². The number of esters is 1. The molecule has 2 saturated heterocycles. The van der Waals surface area contributed by atoms with Gasteiger partial charge in [-0.15, -0.1) is 0 Å². The van der Waals surface area contributed by atoms with Crippen LogP contribution >= 0.6 is 11.8 Å². The Hall–Kier alpha value is -4.12. The summed E-state index contributed by atoms with van der Waals surface area (Å²) < 4.78 is 18.0. The molecule has 4 heterocycles. The Balaban J connectivity index is 1.27. The quantitative estimate of drug-likeness (QED) is 0.192. The lowest BCUT2D eigenvalue weighted by atomic mass is 10.1. The summed E-state index contributed by atoms with van der Waals surface area (Å²) in [5.74, 6) is 0.245. The van der Waals surface area contributed by atoms with Gasteiger partial charge in [-0.1, -0.05) is 36.4 Å². The summed E-state index contributed by atoms with van der Waals surface area (Å²) in [5, 5.41) is 1.71. The maximum absolute atomic E-state index is 13.8. The standard InChI is InChI=1S/C32H32N4O5S/c1-39-31(38)28-13-12-25(41-28)22-35-21-23(26-10-5-6-11-27(26)35)20-29-30(37)36(15-7-14-34-16-18-40-19-17-34)32(42-29)33-24-8-3-2-4-9-24/h2-6,8-13,20-21H,7,14-19,22H2,1H3/b29-20-,33-32?. The van der Waals surface area contributed by atoms with Gasteiger partial charge in [-0.3, -0.25) is 14.6 Å². The van der Waals surface area contributed by atoms with Crippen LogP contribution < -0.4 is 0 Å². The molecule has 216 valence electrons. The van der Waals surface area contributed by atoms with Crippen LogP contribution in [0.4, 0.5) is 5.69 Å². The van der Waals surface area contributed by atoms with Crippen molar-refractivity contribution in [3.05, 3.63) is 94.9 Å². The maximum Gasteiger partial charge on any atom is 0.373 e. The van der Waals surface area contributed by atoms with Crippen LogP contribution in [0, 0.1) is 0 Å². The third kappa shape index (κ3) is 6.20. The SMILES string of the molecule is COC(=O)c1ccc(Cn2cc(/C=C3\SC(=Nc4ccccc4)N(CCCN4CCOCC4)C3=O)c3ccccc32)o1. The zero-order valence-corrected chi connectivity index (χ0v) is 24.2. The van der Waals surface area contributed by atoms with E-state index in [1.165, 1.54) is 18.9 Å². The molecule has 0 N–H and O–H groups in total. The molecule has 0 bridgehead atoms. The van der Waals surface area contributed by atoms with Crippen molar-refractivity contribution in [3.8, 4) is 0 Å². The van der Waals surface area contributed by atoms with Crippen molar-refractivity contribution in [3.63, 3.8) is 0 Å². The number of benzene rings is 2. The van der Waals surface area contributed by atoms with Gasteiger partial charge in [0.1, 0.15) is 5.76 Å². The summed E-state index contributed by atoms with van der Waals surface area (Å²) in [4.78, 5) is 35.3. The number of aromatic nitrogens is 1. The number of amides is 1. The second-order valence-corrected chi connectivity index (χ2v) is 11.1. The van der Waals surface area contributed by atoms with Crippen LogP contribution in [0.25, 0.3) is 17.0 Å². The zero-order valence-electron chi connectivity index (χ0n) is 23.4. The lowest BCUT2D eigenvalue weighted by molar-refractivity contribution is -0.122. The van der Waals surface area contributed by atoms with E-state index in [1.807, 2.05) is 66.9 Å². The first-order valence-electron chi connectivity index (χ1n) is 14.0. The fourth-order valence-electron chi connectivity index (χ4n) is 5.18. The fraction of sp³-hybridized carbons (Fsp3) is 0.281. The van der Waals surface area contributed by atoms with Crippen molar-refractivity contribution in [1.82, 2.24) is 14.4 Å². The minimum atomic E-state index is -0.511. The number of carbonyl (C=O) groups is 2. The Labute approximate surface area is 248 Å². The number of aliphatic imine (C=N–C) groups is 1. The molecule has 42 heavy (non-hydrogen) atoms. The van der Waals surface area contributed by atoms with Crippen molar-refractivity contribution >= 4 is 51.5 Å². The molecule has 2 fully saturated rings. The topological polar surface area (TPSA) is 89.5 Å². The van der Waals surface area contributed by atoms with E-state index in [4.69, 9.17) is 18.9 Å². The number of ether oxygens (including phenoxy) is 2. The highest BCUT2D eigenvalue weighted by atomic mass is 32.2. The molecule has 0 aliphatic carbocycles. The summed E-state index contributed by atoms with van der Waals surface area (Å²) in [5.41, 5.74) is 2.74. The van der Waals surface area contributed by atoms with E-state index in [9.17, 15) is 9.59 Å². The van der Waals surface area contributed by atoms with Crippen LogP contribution in [-0.2, 0) is 20.8 Å². The smallest absolute Gasteiger partial charge is 0.373 e. The molecule has 6 rings (SSSR count). The van der Waals surface area contributed by atoms with Crippen molar-refractivity contribution in [2.75, 3.05) is 46.5 Å². The molecule has 0 spiro atoms. The molecule has 4 aromatic rings. The van der Waals surface area contributed by atoms with Crippen molar-refractivity contribution in [1.29, 1.82) is 0 Å². The Morgan fingerprint density at radius 2 is 1.81 bits per heavy atom. The average molecular weight is 585 g/mol. The largest absolute Gasteiger partial charge is 0.463 e. The van der Waals surface area contributed by atoms with Crippen molar-refractivity contribution in [2.45, 2.75) is 13.0 Å². The van der Waals surface area contributed by atoms with Crippen LogP contribution in [0.1, 0.15) is 28.3 Å². The minimum absolute atomic E-state index is 0.0396. The second-order valence-electron chi connectivity index (χ2n) is 10.1. The third-order valence-electron chi connectivity index (χ3n) is 7.31. The van der Waals surface area contributed by atoms with E-state index in [0.29, 0.717) is 28.9 Å². The number of hydrogen-bond acceptors (Lipinski definition) is 8. The van der Waals surface area contributed by atoms with Gasteiger partial charge in [0, 0.05) is 48.8 Å². The number of furan rings is 1. The van der Waals surface area contributed by atoms with Gasteiger partial charge in [0.15, 0.2) is 5.17 Å². The molecule has 0 radical (unpaired) electrons. The van der Waals surface area contributed by atoms with Crippen LogP contribution in [0.15, 0.2) is 87.2 Å². The second kappa shape index (κ2) is 12.8. The monoisotopic (exact) mass is 584 g/mol. The molecular weight excluding hydrogens is 552 g/mol. The van der Waals surface area contributed by atoms with Gasteiger partial charge in [0.2, 0.25) is 5.76 Å². The number of thioether (sulfide) groups is 1. The molecule has 0 atom stereocenters. The van der Waals surface area contributed by atoms with Gasteiger partial charge in [-0.05, 0) is 54.6 Å². The number of carbonyl (C=O) groups excluding carboxylic acids is 2. The summed E-state index contributed by atoms with van der Waals surface area (Å²) >= 11 is 1.41. The molecule has 9 nitrogen and oxygen atoms in total. The number of fused-ring (bicyclic) bond motifs is 1. The molecule has 2 aliphatic heterocycles. The van der Waals surface area contributed by atoms with E-state index >= 15 is 0 Å². The first-order chi connectivity index (χ1) is 20.6. The predicted octanol–water partition coefficient (Wildman–Crippen LogP) is 5.40. The number of nitrogens with zero attached hydrogens (tertiary/aromatic N) is 4. The van der Waals surface area contributed by atoms with Crippen molar-refractivity contribution in [2.24, 2.45) is 4.99 Å². The van der Waals surface area contributed by atoms with Crippen LogP contribution in [-0.4, -0.2) is 77.9 Å². The third-order valence-corrected chi connectivity index (χ3v) is 8.32. The molecular formula is C32H32N4O5S. The average Bonchev–Trinajstić information content (AvgIpc) is 3.71. The van der Waals surface area contributed by atoms with Gasteiger partial charge in [0.05, 0.1) is 37.5 Å². The number of amidine groups is 1. The first-order valence-corrected chi connectivity index (χ1v) is 14.8. The summed E-state index contributed by atoms with van der Waals surface area (Å²) in [7, 11) is 1.33. The Morgan fingerprint density at radius 3 is 2.62 bits per heavy atom. The summed E-state index contributed by atoms with van der Waals surface area (Å²) in [6.45, 7) is 5.28. The molecule has 1 amide bonds. The van der Waals surface area contributed by atoms with Crippen LogP contribution in [0.3, 0.4) is 0 Å². The van der Waals surface area contributed by atoms with E-state index < -0.39 is 5.97 Å². The molecule has 10 heteroatoms. The normalized spacial score (nSPS) is 18.0. The van der Waals surface area contributed by atoms with Gasteiger partial charge in [0.25, 0.3) is 5.91 Å². The van der Waals surface area contributed by atoms with Crippen LogP contribution in [0.2, 0.25) is 0 Å². The number of methoxy groups -OCH3 is 1. The van der Waals surface area contributed by atoms with E-state index in [-0.39, 0.29) is 11.7 Å². The number of hydrogen-bond donors (Lipinski definition) is 0. The molecule has 0 saturated carbocycles. The van der Waals surface area contributed by atoms with E-state index in [0.717, 1.165) is 61.4 Å². The molecule has 0 unspecified atom stereocenters. The summed E-state index contributed by atoms with van der Waals surface area (Å²) in [6, 6.07) is 21.2. The molecule has 2 aliphatic rings. The Kier molecular flexibility index (Phi) is 8.55. The lowest BCUT2D eigenvalue weighted by Crippen LogP contribution is -2.38. The number of para-hydroxylation sites is 2. The predicted molar refractivity (Wildman–Crippen MR) is 164 cm³/mol. The Bertz CT molecular complexity index is 1630. The highest BCUT2D eigenvalue weighted by molar-refractivity contribution is 8.18.